The van der Waals surface area contributed by atoms with Crippen molar-refractivity contribution in [2.24, 2.45) is 0 Å². The lowest BCUT2D eigenvalue weighted by Gasteiger charge is -2.32. The van der Waals surface area contributed by atoms with Crippen LogP contribution in [0, 0.1) is 12.7 Å². The molecule has 49 heavy (non-hydrogen) atoms. The number of nitrogens with zero attached hydrogens (tertiary/aromatic N) is 2. The summed E-state index contributed by atoms with van der Waals surface area (Å²) in [6, 6.07) is 12.6. The van der Waals surface area contributed by atoms with E-state index in [1.807, 2.05) is 37.3 Å². The lowest BCUT2D eigenvalue weighted by Crippen LogP contribution is -2.35. The molecule has 2 aromatic carbocycles. The third-order valence-corrected chi connectivity index (χ3v) is 7.82. The summed E-state index contributed by atoms with van der Waals surface area (Å²) in [5, 5.41) is 1.66. The molecule has 4 rings (SSSR count). The molecule has 1 aliphatic rings. The zero-order valence-electron chi connectivity index (χ0n) is 26.8. The number of dihydropyridines is 1. The average molecular weight is 731 g/mol. The topological polar surface area (TPSA) is 99.6 Å². The van der Waals surface area contributed by atoms with E-state index >= 15 is 4.39 Å². The number of allylic oxidation sites excluding steroid dienone is 2. The van der Waals surface area contributed by atoms with Crippen molar-refractivity contribution in [1.82, 2.24) is 15.3 Å². The molecule has 0 bridgehead atoms. The number of nitrogens with one attached hydrogen (secondary N) is 1. The first-order valence-corrected chi connectivity index (χ1v) is 15.4. The molecule has 1 N–H and O–H groups in total. The third-order valence-electron chi connectivity index (χ3n) is 7.50. The van der Waals surface area contributed by atoms with Gasteiger partial charge in [-0.05, 0) is 51.7 Å². The average Bonchev–Trinajstić information content (AvgIpc) is 3.05. The minimum absolute atomic E-state index is 0. The van der Waals surface area contributed by atoms with E-state index in [9.17, 15) is 27.2 Å². The number of hydrogen-bond acceptors (Lipinski definition) is 8. The predicted molar refractivity (Wildman–Crippen MR) is 174 cm³/mol. The van der Waals surface area contributed by atoms with Gasteiger partial charge in [-0.15, -0.1) is 12.4 Å². The van der Waals surface area contributed by atoms with Crippen LogP contribution in [-0.4, -0.2) is 48.9 Å². The summed E-state index contributed by atoms with van der Waals surface area (Å²) in [5.74, 6) is -4.83. The maximum Gasteiger partial charge on any atom is 0.418 e. The standard InChI is InChI=1S/C34H33ClF5N3O5.ClH/c1-19-17-25(43-31(41-19)21-11-7-6-8-12-21)47-15-9-4-5-10-16-48-33(45)26-20(2)42-24(18-36)28(32(44)46-3)29(26)27-23(37)14-13-22(35)30(27)34(38,39)40;/h6-8,11-14,17,29,42H,4-5,9-10,15-16,18H2,1-3H3;1H. The van der Waals surface area contributed by atoms with Gasteiger partial charge in [-0.25, -0.2) is 23.4 Å². The number of ether oxygens (including phenoxy) is 3. The Hall–Kier alpha value is -4.23. The number of halogens is 7. The van der Waals surface area contributed by atoms with E-state index in [4.69, 9.17) is 25.8 Å². The molecular formula is C34H34Cl2F5N3O5. The number of unbranched alkanes of at least 4 members (excludes halogenated alkanes) is 3. The molecule has 0 spiro atoms. The van der Waals surface area contributed by atoms with Crippen LogP contribution in [0.5, 0.6) is 5.88 Å². The number of rotatable bonds is 13. The highest BCUT2D eigenvalue weighted by atomic mass is 35.5. The van der Waals surface area contributed by atoms with Crippen molar-refractivity contribution >= 4 is 35.9 Å². The SMILES string of the molecule is COC(=O)C1=C(CF)NC(C)=C(C(=O)OCCCCCCOc2cc(C)nc(-c3ccccc3)n2)C1c1c(F)ccc(Cl)c1C(F)(F)F.Cl. The van der Waals surface area contributed by atoms with Crippen LogP contribution in [0.3, 0.4) is 0 Å². The highest BCUT2D eigenvalue weighted by molar-refractivity contribution is 6.31. The Bertz CT molecular complexity index is 1720. The Morgan fingerprint density at radius 2 is 1.61 bits per heavy atom. The summed E-state index contributed by atoms with van der Waals surface area (Å²) < 4.78 is 88.0. The van der Waals surface area contributed by atoms with Gasteiger partial charge >= 0.3 is 18.1 Å². The maximum atomic E-state index is 15.3. The summed E-state index contributed by atoms with van der Waals surface area (Å²) in [4.78, 5) is 35.1. The zero-order valence-corrected chi connectivity index (χ0v) is 28.3. The highest BCUT2D eigenvalue weighted by Gasteiger charge is 2.46. The number of carbonyl (C=O) groups is 2. The molecule has 1 aliphatic heterocycles. The van der Waals surface area contributed by atoms with E-state index in [1.165, 1.54) is 6.92 Å². The van der Waals surface area contributed by atoms with E-state index < -0.39 is 69.5 Å². The summed E-state index contributed by atoms with van der Waals surface area (Å²) in [6.45, 7) is 2.02. The molecule has 1 atom stereocenters. The normalized spacial score (nSPS) is 14.6. The van der Waals surface area contributed by atoms with Crippen LogP contribution in [0.2, 0.25) is 5.02 Å². The fourth-order valence-electron chi connectivity index (χ4n) is 5.36. The minimum atomic E-state index is -5.19. The van der Waals surface area contributed by atoms with Crippen LogP contribution in [0.4, 0.5) is 22.0 Å². The fourth-order valence-corrected chi connectivity index (χ4v) is 5.63. The second kappa shape index (κ2) is 17.4. The molecule has 0 saturated heterocycles. The van der Waals surface area contributed by atoms with Gasteiger partial charge in [-0.1, -0.05) is 41.9 Å². The lowest BCUT2D eigenvalue weighted by molar-refractivity contribution is -0.141. The van der Waals surface area contributed by atoms with Gasteiger partial charge in [0.1, 0.15) is 12.5 Å². The molecule has 3 aromatic rings. The number of methoxy groups -OCH3 is 1. The van der Waals surface area contributed by atoms with Gasteiger partial charge in [0, 0.05) is 28.6 Å². The first-order valence-electron chi connectivity index (χ1n) is 15.0. The number of benzene rings is 2. The van der Waals surface area contributed by atoms with Crippen molar-refractivity contribution < 1.29 is 45.8 Å². The largest absolute Gasteiger partial charge is 0.478 e. The first kappa shape index (κ1) is 39.2. The van der Waals surface area contributed by atoms with Crippen molar-refractivity contribution in [3.05, 3.63) is 98.7 Å². The molecule has 15 heteroatoms. The molecule has 0 fully saturated rings. The number of carbonyl (C=O) groups excluding carboxylic acids is 2. The smallest absolute Gasteiger partial charge is 0.418 e. The van der Waals surface area contributed by atoms with E-state index in [1.54, 1.807) is 6.07 Å². The van der Waals surface area contributed by atoms with Crippen LogP contribution >= 0.6 is 24.0 Å². The van der Waals surface area contributed by atoms with E-state index in [0.29, 0.717) is 56.1 Å². The van der Waals surface area contributed by atoms with Gasteiger partial charge in [0.25, 0.3) is 0 Å². The van der Waals surface area contributed by atoms with Crippen LogP contribution in [0.1, 0.15) is 55.3 Å². The minimum Gasteiger partial charge on any atom is -0.478 e. The van der Waals surface area contributed by atoms with Gasteiger partial charge in [-0.3, -0.25) is 0 Å². The molecule has 264 valence electrons. The van der Waals surface area contributed by atoms with Gasteiger partial charge in [0.05, 0.1) is 53.7 Å². The molecule has 2 heterocycles. The van der Waals surface area contributed by atoms with Crippen molar-refractivity contribution in [1.29, 1.82) is 0 Å². The monoisotopic (exact) mass is 729 g/mol. The number of aryl methyl sites for hydroxylation is 1. The maximum absolute atomic E-state index is 15.3. The Labute approximate surface area is 291 Å². The molecule has 0 amide bonds. The van der Waals surface area contributed by atoms with Gasteiger partial charge in [0.15, 0.2) is 5.82 Å². The Kier molecular flexibility index (Phi) is 14.0. The Morgan fingerprint density at radius 1 is 0.939 bits per heavy atom. The first-order chi connectivity index (χ1) is 22.9. The van der Waals surface area contributed by atoms with Crippen LogP contribution < -0.4 is 10.1 Å². The highest BCUT2D eigenvalue weighted by Crippen LogP contribution is 2.48. The second-order valence-corrected chi connectivity index (χ2v) is 11.3. The van der Waals surface area contributed by atoms with Crippen molar-refractivity contribution in [3.63, 3.8) is 0 Å². The summed E-state index contributed by atoms with van der Waals surface area (Å²) in [7, 11) is 0.923. The van der Waals surface area contributed by atoms with E-state index in [2.05, 4.69) is 15.3 Å². The Balaban J connectivity index is 0.00000650. The summed E-state index contributed by atoms with van der Waals surface area (Å²) in [5.41, 5.74) is -2.94. The number of hydrogen-bond donors (Lipinski definition) is 1. The predicted octanol–water partition coefficient (Wildman–Crippen LogP) is 8.23. The van der Waals surface area contributed by atoms with Gasteiger partial charge in [-0.2, -0.15) is 18.2 Å². The molecule has 1 unspecified atom stereocenters. The molecule has 0 aliphatic carbocycles. The second-order valence-electron chi connectivity index (χ2n) is 10.9. The number of alkyl halides is 4. The quantitative estimate of drug-likeness (QED) is 0.107. The van der Waals surface area contributed by atoms with Crippen molar-refractivity contribution in [2.75, 3.05) is 27.0 Å². The molecule has 1 aromatic heterocycles. The van der Waals surface area contributed by atoms with Gasteiger partial charge < -0.3 is 19.5 Å². The van der Waals surface area contributed by atoms with Crippen molar-refractivity contribution in [2.45, 2.75) is 51.6 Å². The summed E-state index contributed by atoms with van der Waals surface area (Å²) >= 11 is 5.87. The zero-order chi connectivity index (χ0) is 35.0. The van der Waals surface area contributed by atoms with E-state index in [-0.39, 0.29) is 24.7 Å². The lowest BCUT2D eigenvalue weighted by atomic mass is 9.78. The Morgan fingerprint density at radius 3 is 2.24 bits per heavy atom. The molecule has 0 saturated carbocycles. The van der Waals surface area contributed by atoms with Crippen LogP contribution in [-0.2, 0) is 25.2 Å². The van der Waals surface area contributed by atoms with Crippen LogP contribution in [0.15, 0.2) is 71.1 Å². The molecule has 8 nitrogen and oxygen atoms in total. The third kappa shape index (κ3) is 9.48. The number of esters is 2. The van der Waals surface area contributed by atoms with E-state index in [0.717, 1.165) is 18.4 Å². The number of aromatic nitrogens is 2. The molecular weight excluding hydrogens is 696 g/mol. The molecule has 0 radical (unpaired) electrons. The van der Waals surface area contributed by atoms with Gasteiger partial charge in [0.2, 0.25) is 5.88 Å². The summed E-state index contributed by atoms with van der Waals surface area (Å²) in [6.07, 6.45) is -2.86. The fraction of sp³-hybridized carbons (Fsp3) is 0.353. The van der Waals surface area contributed by atoms with Crippen molar-refractivity contribution in [3.8, 4) is 17.3 Å². The van der Waals surface area contributed by atoms with Crippen LogP contribution in [0.25, 0.3) is 11.4 Å².